The van der Waals surface area contributed by atoms with Gasteiger partial charge in [0, 0.05) is 19.3 Å². The minimum atomic E-state index is 0.608. The van der Waals surface area contributed by atoms with Crippen LogP contribution in [0.25, 0.3) is 11.0 Å². The normalized spacial score (nSPS) is 11.0. The van der Waals surface area contributed by atoms with Crippen LogP contribution in [-0.4, -0.2) is 40.1 Å². The van der Waals surface area contributed by atoms with Gasteiger partial charge in [-0.25, -0.2) is 15.0 Å². The molecule has 0 bridgehead atoms. The Kier molecular flexibility index (Phi) is 3.35. The Morgan fingerprint density at radius 3 is 2.91 bits per heavy atom. The van der Waals surface area contributed by atoms with Crippen LogP contribution in [0, 0.1) is 0 Å². The Labute approximate surface area is 134 Å². The average molecular weight is 325 g/mol. The number of aromatic amines is 1. The van der Waals surface area contributed by atoms with E-state index < -0.39 is 0 Å². The molecule has 0 saturated carbocycles. The number of aryl methyl sites for hydroxylation is 1. The zero-order valence-electron chi connectivity index (χ0n) is 12.0. The first-order valence-electron chi connectivity index (χ1n) is 6.70. The second kappa shape index (κ2) is 5.65. The summed E-state index contributed by atoms with van der Waals surface area (Å²) in [5, 5.41) is 19.3. The predicted octanol–water partition coefficient (Wildman–Crippen LogP) is 1.77. The first kappa shape index (κ1) is 13.6. The van der Waals surface area contributed by atoms with E-state index in [1.165, 1.54) is 18.1 Å². The number of nitrogens with one attached hydrogen (secondary N) is 2. The molecule has 0 fully saturated rings. The number of rotatable bonds is 4. The van der Waals surface area contributed by atoms with Gasteiger partial charge in [-0.1, -0.05) is 0 Å². The van der Waals surface area contributed by atoms with E-state index in [2.05, 4.69) is 40.8 Å². The summed E-state index contributed by atoms with van der Waals surface area (Å²) in [4.78, 5) is 13.1. The Bertz CT molecular complexity index is 947. The molecule has 0 atom stereocenters. The maximum absolute atomic E-state index is 4.61. The van der Waals surface area contributed by atoms with E-state index in [4.69, 9.17) is 0 Å². The van der Waals surface area contributed by atoms with Crippen molar-refractivity contribution in [1.82, 2.24) is 40.1 Å². The molecule has 4 aromatic heterocycles. The highest BCUT2D eigenvalue weighted by atomic mass is 32.2. The molecule has 0 aliphatic rings. The van der Waals surface area contributed by atoms with E-state index in [1.807, 2.05) is 31.4 Å². The van der Waals surface area contributed by atoms with Crippen LogP contribution in [0.4, 0.5) is 11.6 Å². The van der Waals surface area contributed by atoms with Crippen LogP contribution in [0.5, 0.6) is 0 Å². The molecule has 4 heterocycles. The fourth-order valence-corrected chi connectivity index (χ4v) is 2.70. The molecule has 10 heteroatoms. The third-order valence-corrected chi connectivity index (χ3v) is 3.86. The van der Waals surface area contributed by atoms with Crippen LogP contribution in [-0.2, 0) is 7.05 Å². The first-order valence-corrected chi connectivity index (χ1v) is 7.51. The van der Waals surface area contributed by atoms with Crippen molar-refractivity contribution in [1.29, 1.82) is 0 Å². The van der Waals surface area contributed by atoms with Gasteiger partial charge in [-0.15, -0.1) is 5.10 Å². The van der Waals surface area contributed by atoms with Gasteiger partial charge in [0.1, 0.15) is 21.9 Å². The van der Waals surface area contributed by atoms with Gasteiger partial charge in [-0.2, -0.15) is 15.4 Å². The molecule has 0 aromatic carbocycles. The molecule has 0 aliphatic heterocycles. The van der Waals surface area contributed by atoms with Crippen LogP contribution in [0.2, 0.25) is 0 Å². The Morgan fingerprint density at radius 1 is 1.17 bits per heavy atom. The molecular formula is C13H11N9S. The van der Waals surface area contributed by atoms with E-state index >= 15 is 0 Å². The smallest absolute Gasteiger partial charge is 0.161 e. The summed E-state index contributed by atoms with van der Waals surface area (Å²) in [6, 6.07) is 5.65. The zero-order valence-corrected chi connectivity index (χ0v) is 12.8. The van der Waals surface area contributed by atoms with Gasteiger partial charge in [0.2, 0.25) is 0 Å². The van der Waals surface area contributed by atoms with Crippen LogP contribution >= 0.6 is 11.8 Å². The number of H-pyrrole nitrogens is 1. The predicted molar refractivity (Wildman–Crippen MR) is 84.3 cm³/mol. The molecule has 0 spiro atoms. The molecule has 4 aromatic rings. The molecule has 0 radical (unpaired) electrons. The van der Waals surface area contributed by atoms with E-state index in [0.717, 1.165) is 15.6 Å². The largest absolute Gasteiger partial charge is 0.322 e. The standard InChI is InChI=1S/C13H11N9S/c1-22-5-4-9(20-22)17-13-12-8(14-7-15-13)2-3-10(18-12)23-11-6-16-21-19-11/h2-7H,1H3,(H,16,19,21)(H,14,15,17,20). The van der Waals surface area contributed by atoms with Crippen LogP contribution in [0.3, 0.4) is 0 Å². The van der Waals surface area contributed by atoms with Crippen molar-refractivity contribution in [3.63, 3.8) is 0 Å². The van der Waals surface area contributed by atoms with Gasteiger partial charge >= 0.3 is 0 Å². The van der Waals surface area contributed by atoms with Gasteiger partial charge in [0.05, 0.1) is 11.7 Å². The maximum Gasteiger partial charge on any atom is 0.161 e. The molecule has 23 heavy (non-hydrogen) atoms. The number of nitrogens with zero attached hydrogens (tertiary/aromatic N) is 7. The van der Waals surface area contributed by atoms with Gasteiger partial charge in [-0.3, -0.25) is 4.68 Å². The monoisotopic (exact) mass is 325 g/mol. The van der Waals surface area contributed by atoms with Crippen LogP contribution in [0.1, 0.15) is 0 Å². The minimum absolute atomic E-state index is 0.608. The molecule has 2 N–H and O–H groups in total. The lowest BCUT2D eigenvalue weighted by Gasteiger charge is -2.06. The van der Waals surface area contributed by atoms with Gasteiger partial charge < -0.3 is 5.32 Å². The molecule has 114 valence electrons. The highest BCUT2D eigenvalue weighted by Crippen LogP contribution is 2.27. The topological polar surface area (TPSA) is 110 Å². The number of fused-ring (bicyclic) bond motifs is 1. The fourth-order valence-electron chi connectivity index (χ4n) is 2.02. The van der Waals surface area contributed by atoms with Crippen molar-refractivity contribution in [3.8, 4) is 0 Å². The number of hydrogen-bond donors (Lipinski definition) is 2. The lowest BCUT2D eigenvalue weighted by atomic mass is 10.3. The first-order chi connectivity index (χ1) is 11.3. The van der Waals surface area contributed by atoms with Crippen LogP contribution in [0.15, 0.2) is 47.0 Å². The van der Waals surface area contributed by atoms with Gasteiger partial charge in [0.25, 0.3) is 0 Å². The number of pyridine rings is 1. The lowest BCUT2D eigenvalue weighted by molar-refractivity contribution is 0.771. The highest BCUT2D eigenvalue weighted by molar-refractivity contribution is 7.99. The lowest BCUT2D eigenvalue weighted by Crippen LogP contribution is -1.99. The highest BCUT2D eigenvalue weighted by Gasteiger charge is 2.09. The minimum Gasteiger partial charge on any atom is -0.322 e. The second-order valence-electron chi connectivity index (χ2n) is 4.65. The summed E-state index contributed by atoms with van der Waals surface area (Å²) in [6.45, 7) is 0. The third kappa shape index (κ3) is 2.83. The van der Waals surface area contributed by atoms with E-state index in [0.29, 0.717) is 17.2 Å². The molecule has 0 aliphatic carbocycles. The molecule has 9 nitrogen and oxygen atoms in total. The quantitative estimate of drug-likeness (QED) is 0.584. The number of anilines is 2. The summed E-state index contributed by atoms with van der Waals surface area (Å²) in [7, 11) is 1.86. The van der Waals surface area contributed by atoms with Crippen molar-refractivity contribution in [2.75, 3.05) is 5.32 Å². The van der Waals surface area contributed by atoms with Crippen molar-refractivity contribution in [2.45, 2.75) is 10.1 Å². The molecule has 4 rings (SSSR count). The van der Waals surface area contributed by atoms with Crippen molar-refractivity contribution in [3.05, 3.63) is 36.9 Å². The number of aromatic nitrogens is 8. The maximum atomic E-state index is 4.61. The Morgan fingerprint density at radius 2 is 2.13 bits per heavy atom. The average Bonchev–Trinajstić information content (AvgIpc) is 3.20. The zero-order chi connectivity index (χ0) is 15.6. The summed E-state index contributed by atoms with van der Waals surface area (Å²) in [5.41, 5.74) is 1.43. The second-order valence-corrected chi connectivity index (χ2v) is 5.69. The summed E-state index contributed by atoms with van der Waals surface area (Å²) in [5.74, 6) is 1.31. The molecule has 0 saturated heterocycles. The Balaban J connectivity index is 1.71. The Hall–Kier alpha value is -3.01. The molecule has 0 unspecified atom stereocenters. The molecular weight excluding hydrogens is 314 g/mol. The van der Waals surface area contributed by atoms with E-state index in [1.54, 1.807) is 10.9 Å². The fraction of sp³-hybridized carbons (Fsp3) is 0.0769. The van der Waals surface area contributed by atoms with Gasteiger partial charge in [0.15, 0.2) is 11.6 Å². The summed E-state index contributed by atoms with van der Waals surface area (Å²) < 4.78 is 1.71. The third-order valence-electron chi connectivity index (χ3n) is 3.02. The summed E-state index contributed by atoms with van der Waals surface area (Å²) >= 11 is 1.41. The number of hydrogen-bond acceptors (Lipinski definition) is 8. The van der Waals surface area contributed by atoms with E-state index in [9.17, 15) is 0 Å². The van der Waals surface area contributed by atoms with Crippen molar-refractivity contribution < 1.29 is 0 Å². The van der Waals surface area contributed by atoms with E-state index in [-0.39, 0.29) is 0 Å². The SMILES string of the molecule is Cn1ccc(Nc2ncnc3ccc(Sc4cn[nH]n4)nc23)n1. The van der Waals surface area contributed by atoms with Gasteiger partial charge in [-0.05, 0) is 23.9 Å². The van der Waals surface area contributed by atoms with Crippen molar-refractivity contribution in [2.24, 2.45) is 7.05 Å². The molecule has 0 amide bonds. The van der Waals surface area contributed by atoms with Crippen LogP contribution < -0.4 is 5.32 Å². The summed E-state index contributed by atoms with van der Waals surface area (Å²) in [6.07, 6.45) is 5.00. The van der Waals surface area contributed by atoms with Crippen molar-refractivity contribution >= 4 is 34.4 Å².